The molecule has 0 spiro atoms. The van der Waals surface area contributed by atoms with Crippen LogP contribution in [0.25, 0.3) is 0 Å². The third-order valence-electron chi connectivity index (χ3n) is 3.73. The first kappa shape index (κ1) is 15.2. The molecule has 1 rings (SSSR count). The molecule has 0 aliphatic heterocycles. The molecule has 0 aromatic heterocycles. The summed E-state index contributed by atoms with van der Waals surface area (Å²) in [6, 6.07) is 0. The van der Waals surface area contributed by atoms with Crippen LogP contribution >= 0.6 is 0 Å². The van der Waals surface area contributed by atoms with Crippen LogP contribution in [0.3, 0.4) is 0 Å². The molecule has 104 valence electrons. The lowest BCUT2D eigenvalue weighted by Gasteiger charge is -2.33. The molecule has 1 amide bonds. The minimum atomic E-state index is -0.399. The summed E-state index contributed by atoms with van der Waals surface area (Å²) < 4.78 is 0. The molecule has 0 saturated carbocycles. The van der Waals surface area contributed by atoms with Crippen LogP contribution in [-0.4, -0.2) is 23.7 Å². The van der Waals surface area contributed by atoms with Crippen molar-refractivity contribution >= 4 is 5.91 Å². The Balaban J connectivity index is 2.34. The fourth-order valence-corrected chi connectivity index (χ4v) is 2.51. The molecular formula is C15H27NO2. The van der Waals surface area contributed by atoms with Crippen molar-refractivity contribution in [3.8, 4) is 0 Å². The minimum Gasteiger partial charge on any atom is -0.392 e. The van der Waals surface area contributed by atoms with E-state index in [0.29, 0.717) is 18.9 Å². The largest absolute Gasteiger partial charge is 0.392 e. The van der Waals surface area contributed by atoms with Crippen LogP contribution < -0.4 is 5.32 Å². The van der Waals surface area contributed by atoms with Gasteiger partial charge in [0.25, 0.3) is 0 Å². The van der Waals surface area contributed by atoms with Gasteiger partial charge in [0, 0.05) is 18.4 Å². The lowest BCUT2D eigenvalue weighted by Crippen LogP contribution is -2.43. The van der Waals surface area contributed by atoms with Crippen molar-refractivity contribution in [2.45, 2.75) is 53.1 Å². The van der Waals surface area contributed by atoms with Gasteiger partial charge in [-0.2, -0.15) is 0 Å². The molecule has 0 radical (unpaired) electrons. The monoisotopic (exact) mass is 253 g/mol. The first-order valence-corrected chi connectivity index (χ1v) is 6.94. The van der Waals surface area contributed by atoms with Gasteiger partial charge in [-0.05, 0) is 24.7 Å². The zero-order valence-electron chi connectivity index (χ0n) is 12.1. The lowest BCUT2D eigenvalue weighted by atomic mass is 9.80. The molecular weight excluding hydrogens is 226 g/mol. The van der Waals surface area contributed by atoms with Gasteiger partial charge in [0.1, 0.15) is 0 Å². The van der Waals surface area contributed by atoms with Gasteiger partial charge in [-0.25, -0.2) is 0 Å². The number of carbonyl (C=O) groups is 1. The Kier molecular flexibility index (Phi) is 5.39. The fraction of sp³-hybridized carbons (Fsp3) is 0.800. The van der Waals surface area contributed by atoms with Crippen molar-refractivity contribution in [3.63, 3.8) is 0 Å². The molecule has 1 aliphatic carbocycles. The summed E-state index contributed by atoms with van der Waals surface area (Å²) in [6.45, 7) is 8.51. The number of nitrogens with one attached hydrogen (secondary N) is 1. The molecule has 3 nitrogen and oxygen atoms in total. The van der Waals surface area contributed by atoms with E-state index in [9.17, 15) is 9.90 Å². The minimum absolute atomic E-state index is 0.0931. The van der Waals surface area contributed by atoms with Crippen LogP contribution in [0, 0.1) is 17.3 Å². The van der Waals surface area contributed by atoms with E-state index < -0.39 is 6.10 Å². The quantitative estimate of drug-likeness (QED) is 0.715. The average Bonchev–Trinajstić information content (AvgIpc) is 2.78. The zero-order valence-corrected chi connectivity index (χ0v) is 12.1. The Bertz CT molecular complexity index is 308. The Morgan fingerprint density at radius 1 is 1.50 bits per heavy atom. The maximum absolute atomic E-state index is 11.8. The highest BCUT2D eigenvalue weighted by atomic mass is 16.3. The van der Waals surface area contributed by atoms with Crippen LogP contribution in [0.4, 0.5) is 0 Å². The Hall–Kier alpha value is -0.830. The molecule has 18 heavy (non-hydrogen) atoms. The predicted molar refractivity (Wildman–Crippen MR) is 74.1 cm³/mol. The number of amides is 1. The fourth-order valence-electron chi connectivity index (χ4n) is 2.51. The van der Waals surface area contributed by atoms with Gasteiger partial charge in [-0.15, -0.1) is 0 Å². The molecule has 1 aliphatic rings. The summed E-state index contributed by atoms with van der Waals surface area (Å²) in [4.78, 5) is 11.8. The second-order valence-electron chi connectivity index (χ2n) is 6.42. The van der Waals surface area contributed by atoms with E-state index in [2.05, 4.69) is 17.5 Å². The van der Waals surface area contributed by atoms with E-state index in [1.54, 1.807) is 0 Å². The second kappa shape index (κ2) is 6.37. The van der Waals surface area contributed by atoms with Gasteiger partial charge < -0.3 is 10.4 Å². The third-order valence-corrected chi connectivity index (χ3v) is 3.73. The van der Waals surface area contributed by atoms with Gasteiger partial charge in [0.2, 0.25) is 5.91 Å². The number of rotatable bonds is 6. The third kappa shape index (κ3) is 4.45. The van der Waals surface area contributed by atoms with E-state index in [0.717, 1.165) is 12.8 Å². The normalized spacial score (nSPS) is 21.3. The van der Waals surface area contributed by atoms with Gasteiger partial charge in [0.15, 0.2) is 0 Å². The van der Waals surface area contributed by atoms with Crippen LogP contribution in [0.1, 0.15) is 47.0 Å². The number of aliphatic hydroxyl groups is 1. The van der Waals surface area contributed by atoms with E-state index in [1.165, 1.54) is 0 Å². The van der Waals surface area contributed by atoms with Crippen molar-refractivity contribution < 1.29 is 9.90 Å². The van der Waals surface area contributed by atoms with Crippen molar-refractivity contribution in [2.24, 2.45) is 17.3 Å². The van der Waals surface area contributed by atoms with Gasteiger partial charge in [-0.1, -0.05) is 39.8 Å². The summed E-state index contributed by atoms with van der Waals surface area (Å²) >= 11 is 0. The maximum Gasteiger partial charge on any atom is 0.220 e. The van der Waals surface area contributed by atoms with Crippen molar-refractivity contribution in [2.75, 3.05) is 6.54 Å². The van der Waals surface area contributed by atoms with Crippen LogP contribution in [0.2, 0.25) is 0 Å². The van der Waals surface area contributed by atoms with Crippen LogP contribution in [0.5, 0.6) is 0 Å². The Morgan fingerprint density at radius 2 is 2.17 bits per heavy atom. The number of hydrogen-bond acceptors (Lipinski definition) is 2. The molecule has 0 aromatic rings. The lowest BCUT2D eigenvalue weighted by molar-refractivity contribution is -0.122. The van der Waals surface area contributed by atoms with Crippen molar-refractivity contribution in [1.29, 1.82) is 0 Å². The maximum atomic E-state index is 11.8. The predicted octanol–water partition coefficient (Wildman–Crippen LogP) is 2.50. The van der Waals surface area contributed by atoms with E-state index in [-0.39, 0.29) is 17.2 Å². The van der Waals surface area contributed by atoms with Gasteiger partial charge >= 0.3 is 0 Å². The smallest absolute Gasteiger partial charge is 0.220 e. The van der Waals surface area contributed by atoms with Crippen LogP contribution in [0.15, 0.2) is 12.2 Å². The molecule has 0 bridgehead atoms. The first-order chi connectivity index (χ1) is 8.33. The summed E-state index contributed by atoms with van der Waals surface area (Å²) in [5.74, 6) is 0.702. The highest BCUT2D eigenvalue weighted by Crippen LogP contribution is 2.25. The standard InChI is InChI=1S/C15H27NO2/c1-11(2)14(18)15(3,4)10-16-13(17)9-12-7-5-6-8-12/h5,7,11-12,14,18H,6,8-10H2,1-4H3,(H,16,17). The molecule has 2 atom stereocenters. The number of allylic oxidation sites excluding steroid dienone is 2. The summed E-state index contributed by atoms with van der Waals surface area (Å²) in [5.41, 5.74) is -0.282. The van der Waals surface area contributed by atoms with Crippen molar-refractivity contribution in [1.82, 2.24) is 5.32 Å². The van der Waals surface area contributed by atoms with Crippen LogP contribution in [-0.2, 0) is 4.79 Å². The average molecular weight is 253 g/mol. The van der Waals surface area contributed by atoms with E-state index >= 15 is 0 Å². The SMILES string of the molecule is CC(C)C(O)C(C)(C)CNC(=O)CC1C=CCC1. The molecule has 0 aromatic carbocycles. The first-order valence-electron chi connectivity index (χ1n) is 6.94. The molecule has 0 heterocycles. The van der Waals surface area contributed by atoms with E-state index in [4.69, 9.17) is 0 Å². The second-order valence-corrected chi connectivity index (χ2v) is 6.42. The van der Waals surface area contributed by atoms with Gasteiger partial charge in [0.05, 0.1) is 6.10 Å². The topological polar surface area (TPSA) is 49.3 Å². The molecule has 0 saturated heterocycles. The molecule has 2 N–H and O–H groups in total. The summed E-state index contributed by atoms with van der Waals surface area (Å²) in [6.07, 6.45) is 6.63. The molecule has 2 unspecified atom stereocenters. The number of hydrogen-bond donors (Lipinski definition) is 2. The number of aliphatic hydroxyl groups excluding tert-OH is 1. The summed E-state index contributed by atoms with van der Waals surface area (Å²) in [7, 11) is 0. The summed E-state index contributed by atoms with van der Waals surface area (Å²) in [5, 5.41) is 13.0. The highest BCUT2D eigenvalue weighted by Gasteiger charge is 2.30. The molecule has 0 fully saturated rings. The number of carbonyl (C=O) groups excluding carboxylic acids is 1. The molecule has 3 heteroatoms. The highest BCUT2D eigenvalue weighted by molar-refractivity contribution is 5.76. The zero-order chi connectivity index (χ0) is 13.8. The van der Waals surface area contributed by atoms with Gasteiger partial charge in [-0.3, -0.25) is 4.79 Å². The Morgan fingerprint density at radius 3 is 2.67 bits per heavy atom. The Labute approximate surface area is 111 Å². The van der Waals surface area contributed by atoms with Crippen molar-refractivity contribution in [3.05, 3.63) is 12.2 Å². The van der Waals surface area contributed by atoms with E-state index in [1.807, 2.05) is 27.7 Å².